The van der Waals surface area contributed by atoms with E-state index < -0.39 is 41.3 Å². The summed E-state index contributed by atoms with van der Waals surface area (Å²) in [6.45, 7) is 4.82. The molecule has 0 aliphatic heterocycles. The van der Waals surface area contributed by atoms with Crippen molar-refractivity contribution in [3.8, 4) is 0 Å². The van der Waals surface area contributed by atoms with E-state index in [1.165, 1.54) is 7.05 Å². The number of nitrogens with one attached hydrogen (secondary N) is 2. The summed E-state index contributed by atoms with van der Waals surface area (Å²) in [5.74, 6) is -1.49. The number of aryl methyl sites for hydroxylation is 1. The molecule has 0 bridgehead atoms. The van der Waals surface area contributed by atoms with Crippen molar-refractivity contribution in [3.63, 3.8) is 0 Å². The molecule has 1 rings (SSSR count). The highest BCUT2D eigenvalue weighted by Crippen LogP contribution is 2.30. The van der Waals surface area contributed by atoms with Crippen molar-refractivity contribution in [1.29, 1.82) is 0 Å². The third kappa shape index (κ3) is 5.09. The van der Waals surface area contributed by atoms with E-state index >= 15 is 0 Å². The highest BCUT2D eigenvalue weighted by Gasteiger charge is 2.39. The van der Waals surface area contributed by atoms with E-state index in [4.69, 9.17) is 0 Å². The third-order valence-electron chi connectivity index (χ3n) is 2.27. The van der Waals surface area contributed by atoms with E-state index in [1.54, 1.807) is 20.8 Å². The molecule has 0 aliphatic rings. The maximum Gasteiger partial charge on any atom is 0.435 e. The van der Waals surface area contributed by atoms with Crippen molar-refractivity contribution in [3.05, 3.63) is 17.5 Å². The first-order valence-corrected chi connectivity index (χ1v) is 6.10. The van der Waals surface area contributed by atoms with Gasteiger partial charge in [0.2, 0.25) is 5.91 Å². The summed E-state index contributed by atoms with van der Waals surface area (Å²) in [4.78, 5) is 23.3. The van der Waals surface area contributed by atoms with Gasteiger partial charge in [0.1, 0.15) is 0 Å². The molecule has 0 saturated heterocycles. The zero-order valence-corrected chi connectivity index (χ0v) is 12.1. The number of rotatable bonds is 3. The molecule has 21 heavy (non-hydrogen) atoms. The largest absolute Gasteiger partial charge is 0.435 e. The Morgan fingerprint density at radius 2 is 1.86 bits per heavy atom. The van der Waals surface area contributed by atoms with E-state index in [9.17, 15) is 22.8 Å². The number of hydrogen-bond donors (Lipinski definition) is 2. The normalized spacial score (nSPS) is 12.1. The Labute approximate surface area is 119 Å². The molecule has 2 amide bonds. The van der Waals surface area contributed by atoms with Crippen molar-refractivity contribution in [2.45, 2.75) is 32.5 Å². The fourth-order valence-electron chi connectivity index (χ4n) is 1.58. The number of halogens is 3. The van der Waals surface area contributed by atoms with Gasteiger partial charge in [0.05, 0.1) is 12.1 Å². The third-order valence-corrected chi connectivity index (χ3v) is 2.27. The van der Waals surface area contributed by atoms with Gasteiger partial charge < -0.3 is 10.6 Å². The molecule has 0 aliphatic carbocycles. The number of nitrogens with zero attached hydrogens (tertiary/aromatic N) is 2. The van der Waals surface area contributed by atoms with Gasteiger partial charge in [-0.3, -0.25) is 14.3 Å². The van der Waals surface area contributed by atoms with Gasteiger partial charge in [-0.15, -0.1) is 0 Å². The first-order chi connectivity index (χ1) is 9.40. The zero-order valence-electron chi connectivity index (χ0n) is 12.1. The zero-order chi connectivity index (χ0) is 16.4. The number of aromatic nitrogens is 2. The molecule has 1 aromatic heterocycles. The first kappa shape index (κ1) is 17.0. The van der Waals surface area contributed by atoms with Crippen LogP contribution in [0.5, 0.6) is 0 Å². The van der Waals surface area contributed by atoms with Crippen LogP contribution in [-0.2, 0) is 18.0 Å². The lowest BCUT2D eigenvalue weighted by Gasteiger charge is -2.20. The van der Waals surface area contributed by atoms with Gasteiger partial charge >= 0.3 is 6.18 Å². The summed E-state index contributed by atoms with van der Waals surface area (Å²) in [5.41, 5.74) is -2.39. The quantitative estimate of drug-likeness (QED) is 0.877. The molecule has 118 valence electrons. The van der Waals surface area contributed by atoms with Crippen molar-refractivity contribution >= 4 is 11.8 Å². The summed E-state index contributed by atoms with van der Waals surface area (Å²) < 4.78 is 39.0. The molecule has 0 saturated carbocycles. The number of carbonyl (C=O) groups is 2. The summed E-state index contributed by atoms with van der Waals surface area (Å²) in [6, 6.07) is 0. The number of carbonyl (C=O) groups excluding carboxylic acids is 2. The molecule has 0 spiro atoms. The summed E-state index contributed by atoms with van der Waals surface area (Å²) in [6.07, 6.45) is -3.78. The van der Waals surface area contributed by atoms with Crippen molar-refractivity contribution in [2.24, 2.45) is 7.05 Å². The lowest BCUT2D eigenvalue weighted by Crippen LogP contribution is -2.45. The van der Waals surface area contributed by atoms with Crippen LogP contribution in [0.1, 0.15) is 36.8 Å². The van der Waals surface area contributed by atoms with Gasteiger partial charge in [-0.1, -0.05) is 0 Å². The standard InChI is InChI=1S/C12H17F3N4O2/c1-11(2,3)17-8(20)5-16-10(21)7-6-19(4)18-9(7)12(13,14)15/h6H,5H2,1-4H3,(H,16,21)(H,17,20). The Morgan fingerprint density at radius 3 is 2.33 bits per heavy atom. The molecule has 0 fully saturated rings. The smallest absolute Gasteiger partial charge is 0.350 e. The highest BCUT2D eigenvalue weighted by atomic mass is 19.4. The lowest BCUT2D eigenvalue weighted by molar-refractivity contribution is -0.141. The topological polar surface area (TPSA) is 76.0 Å². The van der Waals surface area contributed by atoms with Gasteiger partial charge in [0.15, 0.2) is 5.69 Å². The average Bonchev–Trinajstić information content (AvgIpc) is 2.65. The predicted molar refractivity (Wildman–Crippen MR) is 68.4 cm³/mol. The molecule has 9 heteroatoms. The maximum atomic E-state index is 12.7. The number of hydrogen-bond acceptors (Lipinski definition) is 3. The fourth-order valence-corrected chi connectivity index (χ4v) is 1.58. The molecule has 0 radical (unpaired) electrons. The minimum absolute atomic E-state index is 0.414. The van der Waals surface area contributed by atoms with Crippen molar-refractivity contribution < 1.29 is 22.8 Å². The molecule has 2 N–H and O–H groups in total. The van der Waals surface area contributed by atoms with Gasteiger partial charge in [-0.05, 0) is 20.8 Å². The molecule has 0 atom stereocenters. The molecular formula is C12H17F3N4O2. The van der Waals surface area contributed by atoms with Gasteiger partial charge in [0.25, 0.3) is 5.91 Å². The second-order valence-electron chi connectivity index (χ2n) is 5.54. The van der Waals surface area contributed by atoms with E-state index in [-0.39, 0.29) is 0 Å². The summed E-state index contributed by atoms with van der Waals surface area (Å²) in [5, 5.41) is 7.94. The molecule has 1 aromatic rings. The average molecular weight is 306 g/mol. The minimum Gasteiger partial charge on any atom is -0.350 e. The molecular weight excluding hydrogens is 289 g/mol. The number of amides is 2. The van der Waals surface area contributed by atoms with Gasteiger partial charge in [0, 0.05) is 18.8 Å². The SMILES string of the molecule is Cn1cc(C(=O)NCC(=O)NC(C)(C)C)c(C(F)(F)F)n1. The Balaban J connectivity index is 2.76. The van der Waals surface area contributed by atoms with Crippen LogP contribution < -0.4 is 10.6 Å². The maximum absolute atomic E-state index is 12.7. The fraction of sp³-hybridized carbons (Fsp3) is 0.583. The molecule has 6 nitrogen and oxygen atoms in total. The predicted octanol–water partition coefficient (Wildman–Crippen LogP) is 1.08. The van der Waals surface area contributed by atoms with Gasteiger partial charge in [-0.25, -0.2) is 0 Å². The lowest BCUT2D eigenvalue weighted by atomic mass is 10.1. The van der Waals surface area contributed by atoms with E-state index in [0.717, 1.165) is 10.9 Å². The minimum atomic E-state index is -4.73. The Kier molecular flexibility index (Phi) is 4.65. The van der Waals surface area contributed by atoms with Crippen LogP contribution in [0.15, 0.2) is 6.20 Å². The molecule has 0 unspecified atom stereocenters. The Hall–Kier alpha value is -2.06. The van der Waals surface area contributed by atoms with Gasteiger partial charge in [-0.2, -0.15) is 18.3 Å². The highest BCUT2D eigenvalue weighted by molar-refractivity contribution is 5.97. The van der Waals surface area contributed by atoms with E-state index in [2.05, 4.69) is 15.7 Å². The van der Waals surface area contributed by atoms with Crippen LogP contribution >= 0.6 is 0 Å². The van der Waals surface area contributed by atoms with Crippen LogP contribution in [0.4, 0.5) is 13.2 Å². The van der Waals surface area contributed by atoms with Crippen LogP contribution in [0.2, 0.25) is 0 Å². The second kappa shape index (κ2) is 5.74. The van der Waals surface area contributed by atoms with E-state index in [1.807, 2.05) is 0 Å². The monoisotopic (exact) mass is 306 g/mol. The Morgan fingerprint density at radius 1 is 1.29 bits per heavy atom. The summed E-state index contributed by atoms with van der Waals surface area (Å²) in [7, 11) is 1.28. The van der Waals surface area contributed by atoms with E-state index in [0.29, 0.717) is 0 Å². The number of alkyl halides is 3. The van der Waals surface area contributed by atoms with Crippen molar-refractivity contribution in [1.82, 2.24) is 20.4 Å². The Bertz CT molecular complexity index is 544. The summed E-state index contributed by atoms with van der Waals surface area (Å²) >= 11 is 0. The van der Waals surface area contributed by atoms with Crippen LogP contribution in [0.3, 0.4) is 0 Å². The first-order valence-electron chi connectivity index (χ1n) is 6.10. The van der Waals surface area contributed by atoms with Crippen LogP contribution in [0, 0.1) is 0 Å². The molecule has 1 heterocycles. The molecule has 0 aromatic carbocycles. The van der Waals surface area contributed by atoms with Crippen LogP contribution in [-0.4, -0.2) is 33.7 Å². The second-order valence-corrected chi connectivity index (χ2v) is 5.54. The van der Waals surface area contributed by atoms with Crippen LogP contribution in [0.25, 0.3) is 0 Å². The van der Waals surface area contributed by atoms with Crippen molar-refractivity contribution in [2.75, 3.05) is 6.54 Å².